The first-order valence-corrected chi connectivity index (χ1v) is 7.09. The number of carbonyl (C=O) groups is 1. The molecule has 0 aromatic heterocycles. The van der Waals surface area contributed by atoms with Crippen LogP contribution in [0.15, 0.2) is 46.9 Å². The maximum atomic E-state index is 13.1. The van der Waals surface area contributed by atoms with Crippen molar-refractivity contribution < 1.29 is 22.7 Å². The van der Waals surface area contributed by atoms with Crippen LogP contribution in [-0.2, 0) is 11.0 Å². The molecule has 0 saturated carbocycles. The van der Waals surface area contributed by atoms with Gasteiger partial charge in [-0.3, -0.25) is 4.79 Å². The summed E-state index contributed by atoms with van der Waals surface area (Å²) in [6.45, 7) is 0. The van der Waals surface area contributed by atoms with Crippen LogP contribution in [0.25, 0.3) is 0 Å². The Balaban J connectivity index is 2.04. The molecule has 1 unspecified atom stereocenters. The second kappa shape index (κ2) is 5.31. The lowest BCUT2D eigenvalue weighted by Crippen LogP contribution is -2.31. The van der Waals surface area contributed by atoms with Gasteiger partial charge in [-0.2, -0.15) is 13.2 Å². The smallest absolute Gasteiger partial charge is 0.420 e. The monoisotopic (exact) mass is 371 g/mol. The topological polar surface area (TPSA) is 38.3 Å². The Morgan fingerprint density at radius 3 is 2.41 bits per heavy atom. The van der Waals surface area contributed by atoms with Gasteiger partial charge in [-0.05, 0) is 24.3 Å². The Labute approximate surface area is 132 Å². The van der Waals surface area contributed by atoms with Gasteiger partial charge < -0.3 is 10.1 Å². The van der Waals surface area contributed by atoms with Crippen molar-refractivity contribution in [1.82, 2.24) is 0 Å². The highest BCUT2D eigenvalue weighted by molar-refractivity contribution is 9.10. The lowest BCUT2D eigenvalue weighted by molar-refractivity contribution is -0.140. The SMILES string of the molecule is O=C1Nc2cccc(C(F)(F)F)c2OC1c1ccc(Br)cc1. The van der Waals surface area contributed by atoms with E-state index in [1.54, 1.807) is 24.3 Å². The van der Waals surface area contributed by atoms with E-state index in [4.69, 9.17) is 4.74 Å². The summed E-state index contributed by atoms with van der Waals surface area (Å²) >= 11 is 3.26. The van der Waals surface area contributed by atoms with Gasteiger partial charge in [0.15, 0.2) is 5.75 Å². The molecule has 1 heterocycles. The van der Waals surface area contributed by atoms with Crippen molar-refractivity contribution in [2.75, 3.05) is 5.32 Å². The van der Waals surface area contributed by atoms with Gasteiger partial charge in [0.05, 0.1) is 11.3 Å². The van der Waals surface area contributed by atoms with E-state index in [1.165, 1.54) is 12.1 Å². The molecule has 0 aliphatic carbocycles. The summed E-state index contributed by atoms with van der Waals surface area (Å²) in [5.74, 6) is -0.864. The third-order valence-corrected chi connectivity index (χ3v) is 3.75. The molecule has 0 radical (unpaired) electrons. The summed E-state index contributed by atoms with van der Waals surface area (Å²) < 4.78 is 45.3. The van der Waals surface area contributed by atoms with Gasteiger partial charge in [0.1, 0.15) is 0 Å². The summed E-state index contributed by atoms with van der Waals surface area (Å²) in [7, 11) is 0. The van der Waals surface area contributed by atoms with E-state index in [1.807, 2.05) is 0 Å². The fourth-order valence-electron chi connectivity index (χ4n) is 2.21. The Bertz CT molecular complexity index is 729. The van der Waals surface area contributed by atoms with Gasteiger partial charge in [0, 0.05) is 10.0 Å². The van der Waals surface area contributed by atoms with E-state index in [9.17, 15) is 18.0 Å². The Kier molecular flexibility index (Phi) is 3.60. The zero-order valence-corrected chi connectivity index (χ0v) is 12.5. The van der Waals surface area contributed by atoms with Crippen molar-refractivity contribution in [2.45, 2.75) is 12.3 Å². The molecule has 1 N–H and O–H groups in total. The molecule has 114 valence electrons. The average molecular weight is 372 g/mol. The van der Waals surface area contributed by atoms with E-state index in [0.717, 1.165) is 10.5 Å². The van der Waals surface area contributed by atoms with E-state index >= 15 is 0 Å². The Morgan fingerprint density at radius 2 is 1.77 bits per heavy atom. The van der Waals surface area contributed by atoms with Crippen LogP contribution in [0.3, 0.4) is 0 Å². The molecule has 3 rings (SSSR count). The molecule has 2 aromatic carbocycles. The van der Waals surface area contributed by atoms with Crippen LogP contribution in [0.2, 0.25) is 0 Å². The lowest BCUT2D eigenvalue weighted by Gasteiger charge is -2.28. The number of fused-ring (bicyclic) bond motifs is 1. The summed E-state index contributed by atoms with van der Waals surface area (Å²) in [6.07, 6.45) is -5.68. The number of hydrogen-bond acceptors (Lipinski definition) is 2. The molecule has 1 aliphatic rings. The van der Waals surface area contributed by atoms with E-state index < -0.39 is 23.8 Å². The second-order valence-electron chi connectivity index (χ2n) is 4.72. The van der Waals surface area contributed by atoms with Crippen molar-refractivity contribution in [1.29, 1.82) is 0 Å². The molecular formula is C15H9BrF3NO2. The predicted molar refractivity (Wildman–Crippen MR) is 77.6 cm³/mol. The number of rotatable bonds is 1. The number of anilines is 1. The highest BCUT2D eigenvalue weighted by Gasteiger charge is 2.39. The molecule has 0 spiro atoms. The van der Waals surface area contributed by atoms with Gasteiger partial charge in [0.2, 0.25) is 6.10 Å². The van der Waals surface area contributed by atoms with Crippen LogP contribution in [0.4, 0.5) is 18.9 Å². The zero-order valence-electron chi connectivity index (χ0n) is 10.9. The minimum Gasteiger partial charge on any atom is -0.473 e. The molecule has 1 aliphatic heterocycles. The van der Waals surface area contributed by atoms with Gasteiger partial charge in [-0.15, -0.1) is 0 Å². The van der Waals surface area contributed by atoms with Gasteiger partial charge in [-0.25, -0.2) is 0 Å². The molecule has 1 amide bonds. The number of para-hydroxylation sites is 1. The van der Waals surface area contributed by atoms with Crippen LogP contribution in [0, 0.1) is 0 Å². The minimum absolute atomic E-state index is 0.0215. The quantitative estimate of drug-likeness (QED) is 0.798. The molecule has 3 nitrogen and oxygen atoms in total. The van der Waals surface area contributed by atoms with Crippen LogP contribution in [0.5, 0.6) is 5.75 Å². The number of carbonyl (C=O) groups excluding carboxylic acids is 1. The first-order chi connectivity index (χ1) is 10.4. The second-order valence-corrected chi connectivity index (χ2v) is 5.63. The van der Waals surface area contributed by atoms with Gasteiger partial charge in [0.25, 0.3) is 5.91 Å². The van der Waals surface area contributed by atoms with Crippen molar-refractivity contribution >= 4 is 27.5 Å². The molecule has 1 atom stereocenters. The summed E-state index contributed by atoms with van der Waals surface area (Å²) in [5, 5.41) is 2.46. The zero-order chi connectivity index (χ0) is 15.9. The van der Waals surface area contributed by atoms with Crippen LogP contribution < -0.4 is 10.1 Å². The fraction of sp³-hybridized carbons (Fsp3) is 0.133. The van der Waals surface area contributed by atoms with Crippen molar-refractivity contribution in [3.05, 3.63) is 58.1 Å². The van der Waals surface area contributed by atoms with Crippen molar-refractivity contribution in [3.63, 3.8) is 0 Å². The third kappa shape index (κ3) is 2.68. The molecule has 7 heteroatoms. The van der Waals surface area contributed by atoms with E-state index in [-0.39, 0.29) is 11.4 Å². The van der Waals surface area contributed by atoms with Gasteiger partial charge in [-0.1, -0.05) is 34.1 Å². The number of ether oxygens (including phenoxy) is 1. The number of amides is 1. The maximum Gasteiger partial charge on any atom is 0.420 e. The lowest BCUT2D eigenvalue weighted by atomic mass is 10.1. The molecule has 2 aromatic rings. The average Bonchev–Trinajstić information content (AvgIpc) is 2.46. The summed E-state index contributed by atoms with van der Waals surface area (Å²) in [4.78, 5) is 12.1. The first kappa shape index (κ1) is 14.9. The minimum atomic E-state index is -4.56. The maximum absolute atomic E-state index is 13.1. The Morgan fingerprint density at radius 1 is 1.09 bits per heavy atom. The number of benzene rings is 2. The first-order valence-electron chi connectivity index (χ1n) is 6.29. The predicted octanol–water partition coefficient (Wildman–Crippen LogP) is 4.54. The fourth-order valence-corrected chi connectivity index (χ4v) is 2.48. The van der Waals surface area contributed by atoms with Crippen molar-refractivity contribution in [2.24, 2.45) is 0 Å². The number of nitrogens with one attached hydrogen (secondary N) is 1. The molecular weight excluding hydrogens is 363 g/mol. The molecule has 0 bridgehead atoms. The highest BCUT2D eigenvalue weighted by atomic mass is 79.9. The summed E-state index contributed by atoms with van der Waals surface area (Å²) in [5.41, 5.74) is -0.413. The molecule has 22 heavy (non-hydrogen) atoms. The number of hydrogen-bond donors (Lipinski definition) is 1. The Hall–Kier alpha value is -2.02. The largest absolute Gasteiger partial charge is 0.473 e. The van der Waals surface area contributed by atoms with Crippen LogP contribution in [0.1, 0.15) is 17.2 Å². The third-order valence-electron chi connectivity index (χ3n) is 3.22. The van der Waals surface area contributed by atoms with E-state index in [0.29, 0.717) is 5.56 Å². The highest BCUT2D eigenvalue weighted by Crippen LogP contribution is 2.44. The number of alkyl halides is 3. The standard InChI is InChI=1S/C15H9BrF3NO2/c16-9-6-4-8(5-7-9)12-14(21)20-11-3-1-2-10(13(11)22-12)15(17,18)19/h1-7,12H,(H,20,21). The number of halogens is 4. The van der Waals surface area contributed by atoms with Crippen LogP contribution in [-0.4, -0.2) is 5.91 Å². The molecule has 0 saturated heterocycles. The summed E-state index contributed by atoms with van der Waals surface area (Å²) in [6, 6.07) is 10.2. The van der Waals surface area contributed by atoms with Gasteiger partial charge >= 0.3 is 6.18 Å². The van der Waals surface area contributed by atoms with E-state index in [2.05, 4.69) is 21.2 Å². The normalized spacial score (nSPS) is 17.5. The van der Waals surface area contributed by atoms with Crippen molar-refractivity contribution in [3.8, 4) is 5.75 Å². The van der Waals surface area contributed by atoms with Crippen LogP contribution >= 0.6 is 15.9 Å². The molecule has 0 fully saturated rings.